The summed E-state index contributed by atoms with van der Waals surface area (Å²) in [6, 6.07) is 7.65. The molecule has 2 N–H and O–H groups in total. The van der Waals surface area contributed by atoms with Crippen molar-refractivity contribution in [1.82, 2.24) is 0 Å². The lowest BCUT2D eigenvalue weighted by Crippen LogP contribution is -2.19. The normalized spacial score (nSPS) is 10.3. The number of benzene rings is 1. The molecule has 84 valence electrons. The molecule has 0 atom stereocenters. The van der Waals surface area contributed by atoms with Gasteiger partial charge in [0.2, 0.25) is 0 Å². The zero-order valence-corrected chi connectivity index (χ0v) is 8.97. The quantitative estimate of drug-likeness (QED) is 0.607. The van der Waals surface area contributed by atoms with Crippen molar-refractivity contribution in [2.24, 2.45) is 5.73 Å². The number of carbonyl (C=O) groups is 2. The number of primary amides is 1. The molecule has 1 aromatic rings. The zero-order valence-electron chi connectivity index (χ0n) is 8.97. The van der Waals surface area contributed by atoms with Crippen molar-refractivity contribution in [3.63, 3.8) is 0 Å². The number of carbonyl (C=O) groups excluding carboxylic acids is 2. The molecule has 0 aliphatic heterocycles. The first-order valence-electron chi connectivity index (χ1n) is 4.78. The second kappa shape index (κ2) is 5.70. The number of rotatable bonds is 4. The largest absolute Gasteiger partial charge is 0.452 e. The van der Waals surface area contributed by atoms with Crippen molar-refractivity contribution in [1.29, 1.82) is 0 Å². The van der Waals surface area contributed by atoms with E-state index in [1.807, 2.05) is 31.2 Å². The van der Waals surface area contributed by atoms with Crippen LogP contribution < -0.4 is 5.73 Å². The van der Waals surface area contributed by atoms with Gasteiger partial charge in [0.25, 0.3) is 5.91 Å². The molecular formula is C12H13NO3. The van der Waals surface area contributed by atoms with Gasteiger partial charge in [-0.1, -0.05) is 29.8 Å². The van der Waals surface area contributed by atoms with Crippen molar-refractivity contribution < 1.29 is 14.3 Å². The Balaban J connectivity index is 2.53. The molecule has 0 saturated carbocycles. The molecular weight excluding hydrogens is 206 g/mol. The van der Waals surface area contributed by atoms with Crippen LogP contribution in [0.15, 0.2) is 30.3 Å². The molecule has 16 heavy (non-hydrogen) atoms. The summed E-state index contributed by atoms with van der Waals surface area (Å²) >= 11 is 0. The first-order chi connectivity index (χ1) is 7.58. The van der Waals surface area contributed by atoms with Crippen LogP contribution in [0.2, 0.25) is 0 Å². The van der Waals surface area contributed by atoms with E-state index in [2.05, 4.69) is 4.74 Å². The van der Waals surface area contributed by atoms with E-state index in [-0.39, 0.29) is 0 Å². The first kappa shape index (κ1) is 12.0. The monoisotopic (exact) mass is 219 g/mol. The summed E-state index contributed by atoms with van der Waals surface area (Å²) in [5, 5.41) is 0. The highest BCUT2D eigenvalue weighted by Crippen LogP contribution is 2.05. The topological polar surface area (TPSA) is 69.4 Å². The van der Waals surface area contributed by atoms with E-state index in [0.717, 1.165) is 11.1 Å². The molecule has 0 spiro atoms. The first-order valence-corrected chi connectivity index (χ1v) is 4.78. The van der Waals surface area contributed by atoms with Gasteiger partial charge in [0, 0.05) is 6.08 Å². The highest BCUT2D eigenvalue weighted by Gasteiger charge is 1.99. The fraction of sp³-hybridized carbons (Fsp3) is 0.167. The maximum absolute atomic E-state index is 11.1. The number of hydrogen-bond acceptors (Lipinski definition) is 3. The maximum atomic E-state index is 11.1. The Kier molecular flexibility index (Phi) is 4.27. The van der Waals surface area contributed by atoms with Crippen LogP contribution in [0.3, 0.4) is 0 Å². The van der Waals surface area contributed by atoms with Gasteiger partial charge in [-0.3, -0.25) is 4.79 Å². The fourth-order valence-corrected chi connectivity index (χ4v) is 1.13. The SMILES string of the molecule is Cc1cccc(/C=C/C(=O)OCC(N)=O)c1. The van der Waals surface area contributed by atoms with E-state index >= 15 is 0 Å². The number of nitrogens with two attached hydrogens (primary N) is 1. The van der Waals surface area contributed by atoms with Gasteiger partial charge in [0.15, 0.2) is 6.61 Å². The van der Waals surface area contributed by atoms with Gasteiger partial charge in [-0.05, 0) is 18.6 Å². The van der Waals surface area contributed by atoms with Crippen LogP contribution in [0, 0.1) is 6.92 Å². The molecule has 0 unspecified atom stereocenters. The van der Waals surface area contributed by atoms with E-state index in [1.54, 1.807) is 6.08 Å². The van der Waals surface area contributed by atoms with Gasteiger partial charge < -0.3 is 10.5 Å². The standard InChI is InChI=1S/C12H13NO3/c1-9-3-2-4-10(7-9)5-6-12(15)16-8-11(13)14/h2-7H,8H2,1H3,(H2,13,14)/b6-5+. The van der Waals surface area contributed by atoms with Crippen molar-refractivity contribution in [2.75, 3.05) is 6.61 Å². The Labute approximate surface area is 93.7 Å². The van der Waals surface area contributed by atoms with E-state index in [4.69, 9.17) is 5.73 Å². The Bertz CT molecular complexity index is 424. The van der Waals surface area contributed by atoms with Gasteiger partial charge in [-0.25, -0.2) is 4.79 Å². The summed E-state index contributed by atoms with van der Waals surface area (Å²) in [6.45, 7) is 1.57. The fourth-order valence-electron chi connectivity index (χ4n) is 1.13. The molecule has 4 heteroatoms. The van der Waals surface area contributed by atoms with Gasteiger partial charge in [-0.15, -0.1) is 0 Å². The summed E-state index contributed by atoms with van der Waals surface area (Å²) < 4.78 is 4.56. The predicted molar refractivity (Wildman–Crippen MR) is 60.4 cm³/mol. The summed E-state index contributed by atoms with van der Waals surface area (Å²) in [6.07, 6.45) is 2.88. The Morgan fingerprint density at radius 2 is 2.19 bits per heavy atom. The van der Waals surface area contributed by atoms with Gasteiger partial charge >= 0.3 is 5.97 Å². The van der Waals surface area contributed by atoms with Crippen LogP contribution in [0.1, 0.15) is 11.1 Å². The zero-order chi connectivity index (χ0) is 12.0. The third kappa shape index (κ3) is 4.41. The predicted octanol–water partition coefficient (Wildman–Crippen LogP) is 1.04. The molecule has 0 aromatic heterocycles. The number of aryl methyl sites for hydroxylation is 1. The van der Waals surface area contributed by atoms with E-state index in [0.29, 0.717) is 0 Å². The summed E-state index contributed by atoms with van der Waals surface area (Å²) in [7, 11) is 0. The van der Waals surface area contributed by atoms with Crippen molar-refractivity contribution in [3.8, 4) is 0 Å². The van der Waals surface area contributed by atoms with Crippen LogP contribution in [0.5, 0.6) is 0 Å². The third-order valence-corrected chi connectivity index (χ3v) is 1.81. The number of esters is 1. The molecule has 1 amide bonds. The van der Waals surface area contributed by atoms with E-state index in [9.17, 15) is 9.59 Å². The lowest BCUT2D eigenvalue weighted by Gasteiger charge is -1.97. The van der Waals surface area contributed by atoms with Crippen LogP contribution in [0.25, 0.3) is 6.08 Å². The lowest BCUT2D eigenvalue weighted by molar-refractivity contribution is -0.142. The smallest absolute Gasteiger partial charge is 0.331 e. The highest BCUT2D eigenvalue weighted by molar-refractivity contribution is 5.88. The minimum absolute atomic E-state index is 0.392. The number of ether oxygens (including phenoxy) is 1. The summed E-state index contributed by atoms with van der Waals surface area (Å²) in [5.74, 6) is -1.25. The molecule has 0 radical (unpaired) electrons. The van der Waals surface area contributed by atoms with Gasteiger partial charge in [0.1, 0.15) is 0 Å². The molecule has 0 aliphatic rings. The van der Waals surface area contributed by atoms with Crippen LogP contribution >= 0.6 is 0 Å². The summed E-state index contributed by atoms with van der Waals surface area (Å²) in [5.41, 5.74) is 6.83. The maximum Gasteiger partial charge on any atom is 0.331 e. The second-order valence-corrected chi connectivity index (χ2v) is 3.32. The van der Waals surface area contributed by atoms with Crippen LogP contribution in [-0.2, 0) is 14.3 Å². The number of hydrogen-bond donors (Lipinski definition) is 1. The van der Waals surface area contributed by atoms with Crippen molar-refractivity contribution >= 4 is 18.0 Å². The lowest BCUT2D eigenvalue weighted by atomic mass is 10.1. The Hall–Kier alpha value is -2.10. The molecule has 1 rings (SSSR count). The van der Waals surface area contributed by atoms with Crippen LogP contribution in [-0.4, -0.2) is 18.5 Å². The molecule has 1 aromatic carbocycles. The van der Waals surface area contributed by atoms with Crippen molar-refractivity contribution in [2.45, 2.75) is 6.92 Å². The minimum atomic E-state index is -0.669. The molecule has 0 bridgehead atoms. The summed E-state index contributed by atoms with van der Waals surface area (Å²) in [4.78, 5) is 21.4. The van der Waals surface area contributed by atoms with Crippen LogP contribution in [0.4, 0.5) is 0 Å². The molecule has 0 fully saturated rings. The van der Waals surface area contributed by atoms with Gasteiger partial charge in [-0.2, -0.15) is 0 Å². The molecule has 0 aliphatic carbocycles. The average Bonchev–Trinajstić information content (AvgIpc) is 2.23. The van der Waals surface area contributed by atoms with E-state index < -0.39 is 18.5 Å². The Morgan fingerprint density at radius 1 is 1.44 bits per heavy atom. The minimum Gasteiger partial charge on any atom is -0.452 e. The molecule has 0 heterocycles. The highest BCUT2D eigenvalue weighted by atomic mass is 16.5. The van der Waals surface area contributed by atoms with Gasteiger partial charge in [0.05, 0.1) is 0 Å². The third-order valence-electron chi connectivity index (χ3n) is 1.81. The van der Waals surface area contributed by atoms with E-state index in [1.165, 1.54) is 6.08 Å². The number of amides is 1. The average molecular weight is 219 g/mol. The second-order valence-electron chi connectivity index (χ2n) is 3.32. The molecule has 0 saturated heterocycles. The Morgan fingerprint density at radius 3 is 2.81 bits per heavy atom. The molecule has 4 nitrogen and oxygen atoms in total. The van der Waals surface area contributed by atoms with Crippen molar-refractivity contribution in [3.05, 3.63) is 41.5 Å².